The molecule has 3 fully saturated rings. The number of nitrogens with one attached hydrogen (secondary N) is 1. The molecule has 0 aromatic heterocycles. The second kappa shape index (κ2) is 6.13. The number of urea groups is 1. The lowest BCUT2D eigenvalue weighted by atomic mass is 9.94. The molecular formula is C16H28N2O3. The molecule has 3 rings (SSSR count). The van der Waals surface area contributed by atoms with E-state index >= 15 is 0 Å². The largest absolute Gasteiger partial charge is 0.347 e. The van der Waals surface area contributed by atoms with Crippen LogP contribution in [0.15, 0.2) is 0 Å². The molecule has 2 aliphatic carbocycles. The number of nitrogens with zero attached hydrogens (tertiary/aromatic N) is 1. The zero-order chi connectivity index (χ0) is 14.9. The molecule has 0 bridgehead atoms. The van der Waals surface area contributed by atoms with Crippen LogP contribution < -0.4 is 5.32 Å². The summed E-state index contributed by atoms with van der Waals surface area (Å²) < 4.78 is 12.0. The molecule has 0 unspecified atom stereocenters. The Hall–Kier alpha value is -0.810. The van der Waals surface area contributed by atoms with Crippen molar-refractivity contribution in [1.82, 2.24) is 10.2 Å². The van der Waals surface area contributed by atoms with Crippen LogP contribution in [0.2, 0.25) is 0 Å². The van der Waals surface area contributed by atoms with Crippen molar-refractivity contribution in [3.05, 3.63) is 0 Å². The molecular weight excluding hydrogens is 268 g/mol. The highest BCUT2D eigenvalue weighted by atomic mass is 16.7. The molecule has 1 aliphatic heterocycles. The van der Waals surface area contributed by atoms with Crippen molar-refractivity contribution in [2.45, 2.75) is 69.8 Å². The van der Waals surface area contributed by atoms with Gasteiger partial charge in [-0.15, -0.1) is 0 Å². The Morgan fingerprint density at radius 1 is 1.33 bits per heavy atom. The van der Waals surface area contributed by atoms with E-state index in [1.54, 1.807) is 0 Å². The summed E-state index contributed by atoms with van der Waals surface area (Å²) in [5, 5.41) is 2.99. The minimum atomic E-state index is -0.346. The average Bonchev–Trinajstić information content (AvgIpc) is 3.28. The minimum absolute atomic E-state index is 0.00240. The van der Waals surface area contributed by atoms with Crippen molar-refractivity contribution >= 4 is 6.03 Å². The lowest BCUT2D eigenvalue weighted by molar-refractivity contribution is -0.186. The fraction of sp³-hybridized carbons (Fsp3) is 0.938. The van der Waals surface area contributed by atoms with Crippen molar-refractivity contribution in [1.29, 1.82) is 0 Å². The quantitative estimate of drug-likeness (QED) is 0.867. The van der Waals surface area contributed by atoms with Crippen molar-refractivity contribution in [3.8, 4) is 0 Å². The molecule has 0 radical (unpaired) electrons. The predicted molar refractivity (Wildman–Crippen MR) is 80.0 cm³/mol. The van der Waals surface area contributed by atoms with Crippen LogP contribution in [0.1, 0.15) is 51.9 Å². The van der Waals surface area contributed by atoms with Gasteiger partial charge in [0, 0.05) is 32.5 Å². The van der Waals surface area contributed by atoms with Gasteiger partial charge in [0.2, 0.25) is 0 Å². The van der Waals surface area contributed by atoms with Gasteiger partial charge in [-0.1, -0.05) is 6.42 Å². The third-order valence-electron chi connectivity index (χ3n) is 5.25. The summed E-state index contributed by atoms with van der Waals surface area (Å²) in [7, 11) is 1.88. The Kier molecular flexibility index (Phi) is 4.41. The SMILES string of the molecule is C[C@H](C1CC1)N(C)C(=O)NC[C@H]1COC2(CCCCC2)O1. The molecule has 2 amide bonds. The summed E-state index contributed by atoms with van der Waals surface area (Å²) in [4.78, 5) is 14.0. The Morgan fingerprint density at radius 2 is 2.05 bits per heavy atom. The molecule has 1 heterocycles. The van der Waals surface area contributed by atoms with E-state index in [2.05, 4.69) is 12.2 Å². The van der Waals surface area contributed by atoms with Gasteiger partial charge < -0.3 is 19.7 Å². The van der Waals surface area contributed by atoms with Crippen LogP contribution in [-0.4, -0.2) is 49.1 Å². The van der Waals surface area contributed by atoms with E-state index in [1.165, 1.54) is 32.1 Å². The van der Waals surface area contributed by atoms with Crippen LogP contribution in [0.3, 0.4) is 0 Å². The smallest absolute Gasteiger partial charge is 0.317 e. The van der Waals surface area contributed by atoms with Crippen LogP contribution in [0.4, 0.5) is 4.79 Å². The fourth-order valence-electron chi connectivity index (χ4n) is 3.48. The van der Waals surface area contributed by atoms with E-state index in [4.69, 9.17) is 9.47 Å². The Morgan fingerprint density at radius 3 is 2.71 bits per heavy atom. The predicted octanol–water partition coefficient (Wildman–Crippen LogP) is 2.50. The maximum atomic E-state index is 12.2. The summed E-state index contributed by atoms with van der Waals surface area (Å²) in [5.41, 5.74) is 0. The van der Waals surface area contributed by atoms with E-state index in [9.17, 15) is 4.79 Å². The van der Waals surface area contributed by atoms with Gasteiger partial charge in [0.05, 0.1) is 6.61 Å². The van der Waals surface area contributed by atoms with Gasteiger partial charge >= 0.3 is 6.03 Å². The number of hydrogen-bond donors (Lipinski definition) is 1. The molecule has 1 spiro atoms. The standard InChI is InChI=1S/C16H28N2O3/c1-12(13-6-7-13)18(2)15(19)17-10-14-11-20-16(21-14)8-4-3-5-9-16/h12-14H,3-11H2,1-2H3,(H,17,19)/t12-,14+/m1/s1. The summed E-state index contributed by atoms with van der Waals surface area (Å²) in [5.74, 6) is 0.346. The fourth-order valence-corrected chi connectivity index (χ4v) is 3.48. The minimum Gasteiger partial charge on any atom is -0.347 e. The first-order valence-corrected chi connectivity index (χ1v) is 8.42. The van der Waals surface area contributed by atoms with E-state index < -0.39 is 0 Å². The van der Waals surface area contributed by atoms with E-state index in [-0.39, 0.29) is 17.9 Å². The molecule has 5 heteroatoms. The molecule has 0 aromatic rings. The maximum Gasteiger partial charge on any atom is 0.317 e. The first-order chi connectivity index (χ1) is 10.1. The number of rotatable bonds is 4. The van der Waals surface area contributed by atoms with Gasteiger partial charge in [-0.3, -0.25) is 0 Å². The van der Waals surface area contributed by atoms with Crippen LogP contribution in [0, 0.1) is 5.92 Å². The Balaban J connectivity index is 1.42. The van der Waals surface area contributed by atoms with Crippen molar-refractivity contribution < 1.29 is 14.3 Å². The highest BCUT2D eigenvalue weighted by Gasteiger charge is 2.42. The monoisotopic (exact) mass is 296 g/mol. The summed E-state index contributed by atoms with van der Waals surface area (Å²) in [6, 6.07) is 0.332. The number of ether oxygens (including phenoxy) is 2. The molecule has 120 valence electrons. The highest BCUT2D eigenvalue weighted by Crippen LogP contribution is 2.37. The number of hydrogen-bond acceptors (Lipinski definition) is 3. The van der Waals surface area contributed by atoms with Gasteiger partial charge in [0.25, 0.3) is 0 Å². The maximum absolute atomic E-state index is 12.2. The molecule has 21 heavy (non-hydrogen) atoms. The third kappa shape index (κ3) is 3.51. The normalized spacial score (nSPS) is 29.3. The van der Waals surface area contributed by atoms with E-state index in [0.717, 1.165) is 12.8 Å². The van der Waals surface area contributed by atoms with Crippen LogP contribution in [0.25, 0.3) is 0 Å². The first kappa shape index (κ1) is 15.1. The second-order valence-electron chi connectivity index (χ2n) is 6.90. The molecule has 2 atom stereocenters. The molecule has 1 N–H and O–H groups in total. The number of carbonyl (C=O) groups is 1. The van der Waals surface area contributed by atoms with E-state index in [1.807, 2.05) is 11.9 Å². The number of carbonyl (C=O) groups excluding carboxylic acids is 1. The van der Waals surface area contributed by atoms with Crippen LogP contribution in [-0.2, 0) is 9.47 Å². The average molecular weight is 296 g/mol. The molecule has 3 aliphatic rings. The van der Waals surface area contributed by atoms with Crippen molar-refractivity contribution in [2.75, 3.05) is 20.2 Å². The lowest BCUT2D eigenvalue weighted by Gasteiger charge is -2.32. The van der Waals surface area contributed by atoms with Gasteiger partial charge in [-0.25, -0.2) is 4.79 Å². The lowest BCUT2D eigenvalue weighted by Crippen LogP contribution is -2.46. The van der Waals surface area contributed by atoms with Gasteiger partial charge in [0.1, 0.15) is 6.10 Å². The second-order valence-corrected chi connectivity index (χ2v) is 6.90. The first-order valence-electron chi connectivity index (χ1n) is 8.42. The summed E-state index contributed by atoms with van der Waals surface area (Å²) in [6.07, 6.45) is 8.13. The van der Waals surface area contributed by atoms with Gasteiger partial charge in [0.15, 0.2) is 5.79 Å². The zero-order valence-electron chi connectivity index (χ0n) is 13.3. The van der Waals surface area contributed by atoms with Gasteiger partial charge in [-0.2, -0.15) is 0 Å². The Bertz CT molecular complexity index is 378. The van der Waals surface area contributed by atoms with E-state index in [0.29, 0.717) is 25.1 Å². The third-order valence-corrected chi connectivity index (χ3v) is 5.25. The van der Waals surface area contributed by atoms with Crippen LogP contribution >= 0.6 is 0 Å². The molecule has 2 saturated carbocycles. The zero-order valence-corrected chi connectivity index (χ0v) is 13.3. The molecule has 0 aromatic carbocycles. The van der Waals surface area contributed by atoms with Crippen molar-refractivity contribution in [3.63, 3.8) is 0 Å². The number of amides is 2. The summed E-state index contributed by atoms with van der Waals surface area (Å²) in [6.45, 7) is 3.27. The Labute approximate surface area is 127 Å². The topological polar surface area (TPSA) is 50.8 Å². The van der Waals surface area contributed by atoms with Gasteiger partial charge in [-0.05, 0) is 38.5 Å². The van der Waals surface area contributed by atoms with Crippen LogP contribution in [0.5, 0.6) is 0 Å². The molecule has 5 nitrogen and oxygen atoms in total. The van der Waals surface area contributed by atoms with Crippen molar-refractivity contribution in [2.24, 2.45) is 5.92 Å². The molecule has 1 saturated heterocycles. The summed E-state index contributed by atoms with van der Waals surface area (Å²) >= 11 is 0. The highest BCUT2D eigenvalue weighted by molar-refractivity contribution is 5.74.